The maximum atomic E-state index is 13.4. The third kappa shape index (κ3) is 6.23. The summed E-state index contributed by atoms with van der Waals surface area (Å²) in [6.07, 6.45) is 5.23. The van der Waals surface area contributed by atoms with Crippen molar-refractivity contribution in [3.05, 3.63) is 83.8 Å². The molecule has 1 aliphatic rings. The van der Waals surface area contributed by atoms with E-state index in [-0.39, 0.29) is 24.2 Å². The summed E-state index contributed by atoms with van der Waals surface area (Å²) >= 11 is 0. The Hall–Kier alpha value is -3.74. The summed E-state index contributed by atoms with van der Waals surface area (Å²) in [5.41, 5.74) is 1.74. The van der Waals surface area contributed by atoms with Crippen molar-refractivity contribution in [1.82, 2.24) is 20.2 Å². The monoisotopic (exact) mass is 472 g/mol. The minimum Gasteiger partial charge on any atom is -0.437 e. The van der Waals surface area contributed by atoms with Crippen molar-refractivity contribution in [1.29, 1.82) is 0 Å². The molecule has 4 rings (SSSR count). The Kier molecular flexibility index (Phi) is 7.44. The number of hydrogen-bond donors (Lipinski definition) is 1. The second-order valence-electron chi connectivity index (χ2n) is 9.59. The second kappa shape index (κ2) is 10.7. The number of ether oxygens (including phenoxy) is 1. The van der Waals surface area contributed by atoms with Gasteiger partial charge in [0, 0.05) is 31.4 Å². The van der Waals surface area contributed by atoms with Gasteiger partial charge in [0.25, 0.3) is 0 Å². The van der Waals surface area contributed by atoms with Gasteiger partial charge in [0.05, 0.1) is 6.42 Å². The summed E-state index contributed by atoms with van der Waals surface area (Å²) in [6.45, 7) is 6.67. The van der Waals surface area contributed by atoms with E-state index in [1.807, 2.05) is 66.4 Å². The lowest BCUT2D eigenvalue weighted by Crippen LogP contribution is -2.57. The average molecular weight is 473 g/mol. The van der Waals surface area contributed by atoms with Gasteiger partial charge >= 0.3 is 0 Å². The first-order valence-corrected chi connectivity index (χ1v) is 12.0. The molecule has 7 heteroatoms. The summed E-state index contributed by atoms with van der Waals surface area (Å²) in [5.74, 6) is 0.891. The molecule has 0 saturated carbocycles. The van der Waals surface area contributed by atoms with Crippen LogP contribution in [0.15, 0.2) is 67.0 Å². The SMILES string of the molecule is Cc1cccc(Oc2nccnc2[C@@H]2CCCN(C(=O)C(C)(C)NC(=O)Cc3ccccc3)C2)c1. The first-order valence-electron chi connectivity index (χ1n) is 12.0. The van der Waals surface area contributed by atoms with Gasteiger partial charge in [-0.05, 0) is 56.9 Å². The lowest BCUT2D eigenvalue weighted by molar-refractivity contribution is -0.141. The fraction of sp³-hybridized carbons (Fsp3) is 0.357. The summed E-state index contributed by atoms with van der Waals surface area (Å²) in [5, 5.41) is 2.92. The van der Waals surface area contributed by atoms with Crippen molar-refractivity contribution in [2.45, 2.75) is 51.5 Å². The number of hydrogen-bond acceptors (Lipinski definition) is 5. The predicted octanol–water partition coefficient (Wildman–Crippen LogP) is 4.42. The van der Waals surface area contributed by atoms with Crippen molar-refractivity contribution in [3.8, 4) is 11.6 Å². The summed E-state index contributed by atoms with van der Waals surface area (Å²) < 4.78 is 6.08. The van der Waals surface area contributed by atoms with Gasteiger partial charge in [-0.2, -0.15) is 0 Å². The van der Waals surface area contributed by atoms with E-state index < -0.39 is 5.54 Å². The van der Waals surface area contributed by atoms with Gasteiger partial charge < -0.3 is 15.0 Å². The van der Waals surface area contributed by atoms with Crippen molar-refractivity contribution >= 4 is 11.8 Å². The van der Waals surface area contributed by atoms with Crippen molar-refractivity contribution in [2.24, 2.45) is 0 Å². The number of amides is 2. The number of aryl methyl sites for hydroxylation is 1. The van der Waals surface area contributed by atoms with Gasteiger partial charge in [0.2, 0.25) is 17.7 Å². The number of carbonyl (C=O) groups is 2. The second-order valence-corrected chi connectivity index (χ2v) is 9.59. The molecule has 0 radical (unpaired) electrons. The topological polar surface area (TPSA) is 84.4 Å². The highest BCUT2D eigenvalue weighted by Gasteiger charge is 2.37. The van der Waals surface area contributed by atoms with E-state index in [1.54, 1.807) is 26.2 Å². The minimum absolute atomic E-state index is 0.00275. The van der Waals surface area contributed by atoms with Gasteiger partial charge in [0.15, 0.2) is 0 Å². The van der Waals surface area contributed by atoms with Crippen LogP contribution in [0.5, 0.6) is 11.6 Å². The van der Waals surface area contributed by atoms with Crippen LogP contribution in [0.2, 0.25) is 0 Å². The zero-order chi connectivity index (χ0) is 24.8. The molecule has 182 valence electrons. The molecule has 1 saturated heterocycles. The summed E-state index contributed by atoms with van der Waals surface area (Å²) in [4.78, 5) is 36.9. The Morgan fingerprint density at radius 1 is 1.09 bits per heavy atom. The van der Waals surface area contributed by atoms with E-state index >= 15 is 0 Å². The van der Waals surface area contributed by atoms with Crippen LogP contribution in [-0.2, 0) is 16.0 Å². The molecule has 1 aliphatic heterocycles. The molecule has 2 heterocycles. The van der Waals surface area contributed by atoms with E-state index in [0.29, 0.717) is 24.7 Å². The summed E-state index contributed by atoms with van der Waals surface area (Å²) in [6, 6.07) is 17.3. The highest BCUT2D eigenvalue weighted by Crippen LogP contribution is 2.33. The number of benzene rings is 2. The molecule has 1 fully saturated rings. The molecule has 1 aromatic heterocycles. The molecular formula is C28H32N4O3. The van der Waals surface area contributed by atoms with Crippen LogP contribution in [0.4, 0.5) is 0 Å². The Labute approximate surface area is 206 Å². The molecule has 35 heavy (non-hydrogen) atoms. The fourth-order valence-electron chi connectivity index (χ4n) is 4.49. The van der Waals surface area contributed by atoms with Crippen molar-refractivity contribution in [3.63, 3.8) is 0 Å². The molecule has 2 amide bonds. The third-order valence-corrected chi connectivity index (χ3v) is 6.18. The predicted molar refractivity (Wildman–Crippen MR) is 134 cm³/mol. The highest BCUT2D eigenvalue weighted by molar-refractivity contribution is 5.91. The highest BCUT2D eigenvalue weighted by atomic mass is 16.5. The molecule has 0 spiro atoms. The van der Waals surface area contributed by atoms with Crippen LogP contribution in [0.25, 0.3) is 0 Å². The maximum Gasteiger partial charge on any atom is 0.247 e. The van der Waals surface area contributed by atoms with E-state index in [9.17, 15) is 9.59 Å². The van der Waals surface area contributed by atoms with E-state index in [4.69, 9.17) is 4.74 Å². The van der Waals surface area contributed by atoms with Crippen molar-refractivity contribution < 1.29 is 14.3 Å². The molecule has 0 bridgehead atoms. The number of nitrogens with zero attached hydrogens (tertiary/aromatic N) is 3. The Morgan fingerprint density at radius 2 is 1.86 bits per heavy atom. The first kappa shape index (κ1) is 24.4. The zero-order valence-corrected chi connectivity index (χ0v) is 20.5. The largest absolute Gasteiger partial charge is 0.437 e. The number of carbonyl (C=O) groups excluding carboxylic acids is 2. The Bertz CT molecular complexity index is 1180. The fourth-order valence-corrected chi connectivity index (χ4v) is 4.49. The normalized spacial score (nSPS) is 16.0. The first-order chi connectivity index (χ1) is 16.8. The lowest BCUT2D eigenvalue weighted by atomic mass is 9.92. The minimum atomic E-state index is -1.02. The molecule has 3 aromatic rings. The van der Waals surface area contributed by atoms with Gasteiger partial charge in [-0.25, -0.2) is 4.98 Å². The molecule has 7 nitrogen and oxygen atoms in total. The molecule has 0 aliphatic carbocycles. The van der Waals surface area contributed by atoms with Gasteiger partial charge in [-0.15, -0.1) is 0 Å². The number of aromatic nitrogens is 2. The average Bonchev–Trinajstić information content (AvgIpc) is 2.84. The molecule has 2 aromatic carbocycles. The molecule has 0 unspecified atom stereocenters. The number of piperidine rings is 1. The van der Waals surface area contributed by atoms with E-state index in [0.717, 1.165) is 29.7 Å². The Balaban J connectivity index is 1.44. The third-order valence-electron chi connectivity index (χ3n) is 6.18. The number of rotatable bonds is 7. The lowest BCUT2D eigenvalue weighted by Gasteiger charge is -2.37. The standard InChI is InChI=1S/C28H32N4O3/c1-20-9-7-13-23(17-20)35-26-25(29-14-15-30-26)22-12-8-16-32(19-22)27(34)28(2,3)31-24(33)18-21-10-5-4-6-11-21/h4-7,9-11,13-15,17,22H,8,12,16,18-19H2,1-3H3,(H,31,33)/t22-/m1/s1. The molecule has 1 atom stereocenters. The van der Waals surface area contributed by atoms with E-state index in [2.05, 4.69) is 15.3 Å². The molecular weight excluding hydrogens is 440 g/mol. The van der Waals surface area contributed by atoms with Crippen LogP contribution >= 0.6 is 0 Å². The van der Waals surface area contributed by atoms with Crippen LogP contribution in [0, 0.1) is 6.92 Å². The maximum absolute atomic E-state index is 13.4. The van der Waals surface area contributed by atoms with Crippen LogP contribution in [-0.4, -0.2) is 45.3 Å². The summed E-state index contributed by atoms with van der Waals surface area (Å²) in [7, 11) is 0. The molecule has 1 N–H and O–H groups in total. The van der Waals surface area contributed by atoms with Gasteiger partial charge in [-0.1, -0.05) is 42.5 Å². The van der Waals surface area contributed by atoms with Gasteiger partial charge in [0.1, 0.15) is 17.0 Å². The number of likely N-dealkylation sites (tertiary alicyclic amines) is 1. The number of nitrogens with one attached hydrogen (secondary N) is 1. The van der Waals surface area contributed by atoms with Crippen molar-refractivity contribution in [2.75, 3.05) is 13.1 Å². The van der Waals surface area contributed by atoms with Crippen LogP contribution in [0.1, 0.15) is 49.4 Å². The smallest absolute Gasteiger partial charge is 0.247 e. The van der Waals surface area contributed by atoms with E-state index in [1.165, 1.54) is 0 Å². The Morgan fingerprint density at radius 3 is 2.63 bits per heavy atom. The van der Waals surface area contributed by atoms with Gasteiger partial charge in [-0.3, -0.25) is 14.6 Å². The zero-order valence-electron chi connectivity index (χ0n) is 20.5. The van der Waals surface area contributed by atoms with Crippen LogP contribution in [0.3, 0.4) is 0 Å². The quantitative estimate of drug-likeness (QED) is 0.550. The van der Waals surface area contributed by atoms with Crippen LogP contribution < -0.4 is 10.1 Å².